The number of rotatable bonds is 17. The number of carboxylic acid groups (broad SMARTS) is 1. The number of ether oxygens (including phenoxy) is 13. The number of carbonyl (C=O) groups is 3. The number of hydrogen-bond acceptors (Lipinski definition) is 31. The van der Waals surface area contributed by atoms with Crippen LogP contribution in [0.4, 0.5) is 0 Å². The number of allylic oxidation sites excluding steroid dienone is 2. The molecule has 16 N–H and O–H groups in total. The first kappa shape index (κ1) is 78.9. The van der Waals surface area contributed by atoms with Crippen LogP contribution in [0.1, 0.15) is 134 Å². The summed E-state index contributed by atoms with van der Waals surface area (Å²) in [4.78, 5) is 41.3. The SMILES string of the molecule is C/C=C(/C)C(=O)O[C@H]1[C@H](OC(=O)/C(C)=C\C)[C@@]23[C@H](O)C[C@]4(C)[C@@](CCC5[C@@]6(C)CC[C@H](O[C@@H]7O[C@H](C(=O)O)[C@@H](O)[C@H](O[C@@H]8O[C@H](CO)[C@H](O)[C@H](O)[C@H]8O[C@@H]8O[C@@H](C)[C@H](O)[C@@H](O)[C@H]8O[C@@H]8OC[C@@H](O)[C@H](O)[C@H]8O)[C@H]7O[C@@H]7O[C@H](CO)[C@H](O)[C@H](O)[C@H]7O)C(C)(C)C6CC[C@]54C)(O[C@H]2O)[C@@H]3CC1(C)C. The van der Waals surface area contributed by atoms with Gasteiger partial charge in [0.05, 0.1) is 49.1 Å². The van der Waals surface area contributed by atoms with Crippen LogP contribution in [-0.2, 0) is 76.0 Å². The molecule has 2 bridgehead atoms. The van der Waals surface area contributed by atoms with Crippen molar-refractivity contribution < 1.29 is 158 Å². The van der Waals surface area contributed by atoms with E-state index in [2.05, 4.69) is 20.8 Å². The Morgan fingerprint density at radius 2 is 1.04 bits per heavy atom. The summed E-state index contributed by atoms with van der Waals surface area (Å²) >= 11 is 0. The van der Waals surface area contributed by atoms with E-state index in [1.807, 2.05) is 27.7 Å². The summed E-state index contributed by atoms with van der Waals surface area (Å²) in [5.41, 5.74) is -6.00. The van der Waals surface area contributed by atoms with E-state index >= 15 is 0 Å². The summed E-state index contributed by atoms with van der Waals surface area (Å²) in [6, 6.07) is 0. The fourth-order valence-corrected chi connectivity index (χ4v) is 20.4. The van der Waals surface area contributed by atoms with E-state index in [1.54, 1.807) is 39.8 Å². The minimum absolute atomic E-state index is 0.1000. The van der Waals surface area contributed by atoms with Crippen LogP contribution in [0.2, 0.25) is 0 Å². The highest BCUT2D eigenvalue weighted by molar-refractivity contribution is 5.89. The number of aliphatic hydroxyl groups is 15. The summed E-state index contributed by atoms with van der Waals surface area (Å²) in [6.07, 6.45) is -46.9. The number of fused-ring (bicyclic) bond motifs is 4. The van der Waals surface area contributed by atoms with E-state index in [4.69, 9.17) is 61.6 Å². The summed E-state index contributed by atoms with van der Waals surface area (Å²) in [5.74, 6) is -4.05. The van der Waals surface area contributed by atoms with Gasteiger partial charge in [0.1, 0.15) is 110 Å². The average Bonchev–Trinajstić information content (AvgIpc) is 1.51. The Kier molecular flexibility index (Phi) is 22.5. The molecule has 6 aliphatic heterocycles. The molecule has 5 aliphatic carbocycles. The van der Waals surface area contributed by atoms with Crippen molar-refractivity contribution in [1.82, 2.24) is 0 Å². The van der Waals surface area contributed by atoms with Crippen LogP contribution in [0.25, 0.3) is 0 Å². The Balaban J connectivity index is 0.914. The van der Waals surface area contributed by atoms with Gasteiger partial charge >= 0.3 is 17.9 Å². The molecule has 0 aromatic heterocycles. The van der Waals surface area contributed by atoms with Gasteiger partial charge in [-0.3, -0.25) is 0 Å². The van der Waals surface area contributed by atoms with Crippen LogP contribution in [0, 0.1) is 50.2 Å². The Labute approximate surface area is 585 Å². The van der Waals surface area contributed by atoms with E-state index in [9.17, 15) is 96.1 Å². The second-order valence-corrected chi connectivity index (χ2v) is 32.3. The first-order valence-corrected chi connectivity index (χ1v) is 35.4. The minimum atomic E-state index is -2.37. The molecule has 32 heteroatoms. The molecule has 0 aromatic carbocycles. The fourth-order valence-electron chi connectivity index (χ4n) is 20.4. The van der Waals surface area contributed by atoms with Crippen LogP contribution >= 0.6 is 0 Å². The van der Waals surface area contributed by atoms with Gasteiger partial charge in [0.25, 0.3) is 0 Å². The fraction of sp³-hybridized carbons (Fsp3) is 0.899. The van der Waals surface area contributed by atoms with Crippen molar-refractivity contribution in [1.29, 1.82) is 0 Å². The van der Waals surface area contributed by atoms with E-state index < -0.39 is 260 Å². The van der Waals surface area contributed by atoms with Gasteiger partial charge in [0.2, 0.25) is 0 Å². The molecule has 101 heavy (non-hydrogen) atoms. The number of aliphatic hydroxyl groups excluding tert-OH is 15. The van der Waals surface area contributed by atoms with Crippen LogP contribution in [0.3, 0.4) is 0 Å². The lowest BCUT2D eigenvalue weighted by Crippen LogP contribution is -2.77. The Morgan fingerprint density at radius 1 is 0.515 bits per heavy atom. The Hall–Kier alpha value is -3.15. The van der Waals surface area contributed by atoms with Crippen molar-refractivity contribution in [2.75, 3.05) is 19.8 Å². The number of esters is 2. The van der Waals surface area contributed by atoms with Crippen LogP contribution in [0.15, 0.2) is 23.3 Å². The van der Waals surface area contributed by atoms with Crippen molar-refractivity contribution in [3.63, 3.8) is 0 Å². The summed E-state index contributed by atoms with van der Waals surface area (Å²) < 4.78 is 81.5. The molecule has 37 atom stereocenters. The van der Waals surface area contributed by atoms with E-state index in [-0.39, 0.29) is 30.3 Å². The number of hydrogen-bond donors (Lipinski definition) is 16. The molecule has 11 aliphatic rings. The summed E-state index contributed by atoms with van der Waals surface area (Å²) in [5, 5.41) is 181. The molecule has 0 aromatic rings. The van der Waals surface area contributed by atoms with Crippen molar-refractivity contribution in [2.24, 2.45) is 50.2 Å². The average molecular weight is 1450 g/mol. The van der Waals surface area contributed by atoms with Gasteiger partial charge in [-0.2, -0.15) is 0 Å². The zero-order chi connectivity index (χ0) is 74.2. The highest BCUT2D eigenvalue weighted by Crippen LogP contribution is 2.82. The molecule has 2 unspecified atom stereocenters. The second-order valence-electron chi connectivity index (χ2n) is 32.3. The standard InChI is InChI=1S/C69H108O32/c1-13-26(3)55(86)99-52-53(100-56(87)27(4)14-2)69-34(21-63(52,6)7)68(101-62(69)88)20-16-33-65(10)18-17-36(64(8,9)32(65)15-19-66(33,11)67(68,12)22-35(69)73)93-61-51(98-58-45(82)41(78)39(76)30(23-70)91-58)47(46(83)48(95-61)54(84)85)94-60-50(43(80)40(77)31(24-71)92-60)97-59-49(42(79)37(74)28(5)90-59)96-57-44(81)38(75)29(72)25-89-57/h13-14,28-53,57-62,70-83,88H,15-25H2,1-12H3,(H,84,85)/b26-13-,27-14-/t28-,29+,30+,31+,32?,33?,34-,35+,36-,37-,38-,39-,40-,41-,42+,43-,44+,45+,46-,47-,48-,49+,50+,51+,52-,53-,57-,58-,59-,60-,61+,62+,65-,66+,67-,68-,69+/m0/s1. The zero-order valence-corrected chi connectivity index (χ0v) is 59.1. The second kappa shape index (κ2) is 28.8. The molecule has 6 saturated heterocycles. The quantitative estimate of drug-likeness (QED) is 0.0407. The van der Waals surface area contributed by atoms with Crippen molar-refractivity contribution in [2.45, 2.75) is 318 Å². The van der Waals surface area contributed by atoms with Crippen molar-refractivity contribution >= 4 is 17.9 Å². The lowest BCUT2D eigenvalue weighted by Gasteiger charge is -2.75. The molecular formula is C69H108O32. The molecule has 0 amide bonds. The maximum Gasteiger partial charge on any atom is 0.335 e. The van der Waals surface area contributed by atoms with Crippen molar-refractivity contribution in [3.8, 4) is 0 Å². The third kappa shape index (κ3) is 12.6. The normalized spacial score (nSPS) is 52.6. The number of carbonyl (C=O) groups excluding carboxylic acids is 2. The predicted molar refractivity (Wildman–Crippen MR) is 338 cm³/mol. The van der Waals surface area contributed by atoms with Gasteiger partial charge in [-0.05, 0) is 114 Å². The molecule has 11 fully saturated rings. The first-order chi connectivity index (χ1) is 47.2. The van der Waals surface area contributed by atoms with E-state index in [1.165, 1.54) is 6.92 Å². The molecule has 6 heterocycles. The molecule has 11 rings (SSSR count). The highest BCUT2D eigenvalue weighted by atomic mass is 16.8. The van der Waals surface area contributed by atoms with Gasteiger partial charge in [-0.25, -0.2) is 14.4 Å². The molecule has 1 spiro atoms. The molecule has 576 valence electrons. The first-order valence-electron chi connectivity index (χ1n) is 35.4. The van der Waals surface area contributed by atoms with E-state index in [0.29, 0.717) is 44.1 Å². The third-order valence-electron chi connectivity index (χ3n) is 26.5. The maximum absolute atomic E-state index is 14.1. The van der Waals surface area contributed by atoms with Gasteiger partial charge in [-0.15, -0.1) is 0 Å². The number of aliphatic carboxylic acids is 1. The Morgan fingerprint density at radius 3 is 1.64 bits per heavy atom. The van der Waals surface area contributed by atoms with Crippen molar-refractivity contribution in [3.05, 3.63) is 23.3 Å². The van der Waals surface area contributed by atoms with Crippen LogP contribution in [-0.4, -0.2) is 303 Å². The molecule has 0 radical (unpaired) electrons. The monoisotopic (exact) mass is 1450 g/mol. The Bertz CT molecular complexity index is 3040. The van der Waals surface area contributed by atoms with Gasteiger partial charge in [0.15, 0.2) is 49.9 Å². The molecule has 5 saturated carbocycles. The summed E-state index contributed by atoms with van der Waals surface area (Å²) in [6.45, 7) is 19.8. The lowest BCUT2D eigenvalue weighted by atomic mass is 9.30. The van der Waals surface area contributed by atoms with Gasteiger partial charge in [0, 0.05) is 27.9 Å². The van der Waals surface area contributed by atoms with Gasteiger partial charge in [-0.1, -0.05) is 60.6 Å². The topological polar surface area (TPSA) is 495 Å². The minimum Gasteiger partial charge on any atom is -0.479 e. The third-order valence-corrected chi connectivity index (χ3v) is 26.5. The smallest absolute Gasteiger partial charge is 0.335 e. The van der Waals surface area contributed by atoms with Crippen LogP contribution < -0.4 is 0 Å². The largest absolute Gasteiger partial charge is 0.479 e. The predicted octanol–water partition coefficient (Wildman–Crippen LogP) is -2.47. The maximum atomic E-state index is 14.1. The zero-order valence-electron chi connectivity index (χ0n) is 59.1. The van der Waals surface area contributed by atoms with Crippen LogP contribution in [0.5, 0.6) is 0 Å². The van der Waals surface area contributed by atoms with Gasteiger partial charge < -0.3 is 143 Å². The molecule has 32 nitrogen and oxygen atoms in total. The summed E-state index contributed by atoms with van der Waals surface area (Å²) in [7, 11) is 0. The highest BCUT2D eigenvalue weighted by Gasteiger charge is 2.86. The molecular weight excluding hydrogens is 1340 g/mol. The van der Waals surface area contributed by atoms with E-state index in [0.717, 1.165) is 0 Å². The number of carboxylic acids is 1. The lowest BCUT2D eigenvalue weighted by molar-refractivity contribution is -0.411.